The number of hydrogen-bond donors (Lipinski definition) is 1. The molecule has 2 heterocycles. The van der Waals surface area contributed by atoms with Crippen LogP contribution >= 0.6 is 0 Å². The summed E-state index contributed by atoms with van der Waals surface area (Å²) < 4.78 is 7.37. The van der Waals surface area contributed by atoms with Crippen LogP contribution in [0, 0.1) is 0 Å². The molecule has 23 heavy (non-hydrogen) atoms. The first-order valence-corrected chi connectivity index (χ1v) is 7.77. The maximum absolute atomic E-state index is 11.3. The zero-order valence-corrected chi connectivity index (χ0v) is 13.3. The molecule has 0 bridgehead atoms. The molecule has 6 nitrogen and oxygen atoms in total. The van der Waals surface area contributed by atoms with E-state index in [2.05, 4.69) is 23.8 Å². The van der Waals surface area contributed by atoms with Gasteiger partial charge in [-0.25, -0.2) is 9.48 Å². The monoisotopic (exact) mass is 315 g/mol. The predicted molar refractivity (Wildman–Crippen MR) is 85.8 cm³/mol. The van der Waals surface area contributed by atoms with Gasteiger partial charge in [0.15, 0.2) is 0 Å². The molecule has 1 aliphatic heterocycles. The lowest BCUT2D eigenvalue weighted by molar-refractivity contribution is -0.0704. The van der Waals surface area contributed by atoms with E-state index >= 15 is 0 Å². The maximum Gasteiger partial charge on any atom is 0.337 e. The van der Waals surface area contributed by atoms with Gasteiger partial charge in [0.1, 0.15) is 0 Å². The van der Waals surface area contributed by atoms with Gasteiger partial charge in [-0.3, -0.25) is 4.90 Å². The Kier molecular flexibility index (Phi) is 4.45. The smallest absolute Gasteiger partial charge is 0.337 e. The Bertz CT molecular complexity index is 688. The molecule has 1 fully saturated rings. The molecule has 0 unspecified atom stereocenters. The van der Waals surface area contributed by atoms with Gasteiger partial charge in [0, 0.05) is 31.4 Å². The molecule has 122 valence electrons. The van der Waals surface area contributed by atoms with Crippen molar-refractivity contribution in [1.82, 2.24) is 14.7 Å². The van der Waals surface area contributed by atoms with Crippen molar-refractivity contribution < 1.29 is 14.6 Å². The number of carboxylic acids is 1. The van der Waals surface area contributed by atoms with Crippen LogP contribution in [0.4, 0.5) is 0 Å². The van der Waals surface area contributed by atoms with E-state index in [9.17, 15) is 9.90 Å². The summed E-state index contributed by atoms with van der Waals surface area (Å²) in [5.41, 5.74) is 1.89. The van der Waals surface area contributed by atoms with Crippen LogP contribution in [0.25, 0.3) is 5.69 Å². The highest BCUT2D eigenvalue weighted by Gasteiger charge is 2.22. The lowest BCUT2D eigenvalue weighted by Crippen LogP contribution is -2.44. The van der Waals surface area contributed by atoms with Crippen molar-refractivity contribution in [2.24, 2.45) is 0 Å². The summed E-state index contributed by atoms with van der Waals surface area (Å²) in [6.45, 7) is 6.72. The van der Waals surface area contributed by atoms with E-state index in [0.29, 0.717) is 5.69 Å². The van der Waals surface area contributed by atoms with Gasteiger partial charge in [-0.2, -0.15) is 5.10 Å². The van der Waals surface area contributed by atoms with E-state index in [4.69, 9.17) is 4.74 Å². The van der Waals surface area contributed by atoms with Gasteiger partial charge in [0.05, 0.1) is 29.7 Å². The van der Waals surface area contributed by atoms with E-state index in [1.165, 1.54) is 0 Å². The quantitative estimate of drug-likeness (QED) is 0.936. The average Bonchev–Trinajstić information content (AvgIpc) is 2.94. The number of nitrogens with zero attached hydrogens (tertiary/aromatic N) is 3. The fourth-order valence-corrected chi connectivity index (χ4v) is 3.10. The molecule has 2 aromatic rings. The summed E-state index contributed by atoms with van der Waals surface area (Å²) in [6.07, 6.45) is 4.14. The number of benzene rings is 1. The van der Waals surface area contributed by atoms with E-state index in [1.54, 1.807) is 29.1 Å². The predicted octanol–water partition coefficient (Wildman–Crippen LogP) is 2.18. The van der Waals surface area contributed by atoms with E-state index in [1.807, 2.05) is 12.3 Å². The van der Waals surface area contributed by atoms with Crippen LogP contribution in [0.3, 0.4) is 0 Å². The van der Waals surface area contributed by atoms with Crippen LogP contribution in [0.2, 0.25) is 0 Å². The lowest BCUT2D eigenvalue weighted by atomic mass is 10.2. The summed E-state index contributed by atoms with van der Waals surface area (Å²) in [4.78, 5) is 13.7. The number of aromatic carboxylic acids is 1. The van der Waals surface area contributed by atoms with Crippen molar-refractivity contribution in [3.8, 4) is 5.69 Å². The third-order valence-corrected chi connectivity index (χ3v) is 3.92. The van der Waals surface area contributed by atoms with Gasteiger partial charge in [-0.1, -0.05) is 12.1 Å². The first-order valence-electron chi connectivity index (χ1n) is 7.77. The largest absolute Gasteiger partial charge is 0.478 e. The van der Waals surface area contributed by atoms with Crippen molar-refractivity contribution in [3.05, 3.63) is 47.8 Å². The Balaban J connectivity index is 1.77. The van der Waals surface area contributed by atoms with Crippen LogP contribution in [-0.2, 0) is 11.3 Å². The minimum atomic E-state index is -0.950. The summed E-state index contributed by atoms with van der Waals surface area (Å²) in [5.74, 6) is -0.950. The molecule has 0 radical (unpaired) electrons. The van der Waals surface area contributed by atoms with Crippen molar-refractivity contribution in [1.29, 1.82) is 0 Å². The summed E-state index contributed by atoms with van der Waals surface area (Å²) in [7, 11) is 0. The SMILES string of the molecule is C[C@@H]1CN(Cc2cnn(-c3ccccc3C(=O)O)c2)C[C@H](C)O1. The topological polar surface area (TPSA) is 67.6 Å². The second-order valence-corrected chi connectivity index (χ2v) is 6.07. The standard InChI is InChI=1S/C17H21N3O3/c1-12-8-19(9-13(2)23-12)10-14-7-18-20(11-14)16-6-4-3-5-15(16)17(21)22/h3-7,11-13H,8-10H2,1-2H3,(H,21,22)/t12-,13+. The molecule has 1 aliphatic rings. The molecule has 0 spiro atoms. The van der Waals surface area contributed by atoms with Crippen molar-refractivity contribution in [2.75, 3.05) is 13.1 Å². The number of ether oxygens (including phenoxy) is 1. The van der Waals surface area contributed by atoms with Crippen LogP contribution in [-0.4, -0.2) is 51.1 Å². The summed E-state index contributed by atoms with van der Waals surface area (Å²) in [6, 6.07) is 6.88. The third kappa shape index (κ3) is 3.60. The molecular weight excluding hydrogens is 294 g/mol. The zero-order chi connectivity index (χ0) is 16.4. The minimum Gasteiger partial charge on any atom is -0.478 e. The van der Waals surface area contributed by atoms with Crippen molar-refractivity contribution >= 4 is 5.97 Å². The van der Waals surface area contributed by atoms with Gasteiger partial charge >= 0.3 is 5.97 Å². The number of morpholine rings is 1. The summed E-state index contributed by atoms with van der Waals surface area (Å²) in [5, 5.41) is 13.6. The third-order valence-electron chi connectivity index (χ3n) is 3.92. The highest BCUT2D eigenvalue weighted by atomic mass is 16.5. The van der Waals surface area contributed by atoms with Crippen molar-refractivity contribution in [3.63, 3.8) is 0 Å². The molecule has 0 aliphatic carbocycles. The second-order valence-electron chi connectivity index (χ2n) is 6.07. The van der Waals surface area contributed by atoms with Gasteiger partial charge < -0.3 is 9.84 Å². The molecule has 2 atom stereocenters. The maximum atomic E-state index is 11.3. The molecule has 0 saturated carbocycles. The Morgan fingerprint density at radius 1 is 1.30 bits per heavy atom. The van der Waals surface area contributed by atoms with E-state index in [0.717, 1.165) is 25.2 Å². The number of aromatic nitrogens is 2. The van der Waals surface area contributed by atoms with Crippen LogP contribution < -0.4 is 0 Å². The molecule has 0 amide bonds. The van der Waals surface area contributed by atoms with Gasteiger partial charge in [-0.05, 0) is 26.0 Å². The average molecular weight is 315 g/mol. The number of para-hydroxylation sites is 1. The van der Waals surface area contributed by atoms with Crippen LogP contribution in [0.5, 0.6) is 0 Å². The molecular formula is C17H21N3O3. The normalized spacial score (nSPS) is 22.2. The van der Waals surface area contributed by atoms with E-state index < -0.39 is 5.97 Å². The van der Waals surface area contributed by atoms with Gasteiger partial charge in [0.2, 0.25) is 0 Å². The van der Waals surface area contributed by atoms with Gasteiger partial charge in [0.25, 0.3) is 0 Å². The first-order chi connectivity index (χ1) is 11.0. The Hall–Kier alpha value is -2.18. The second kappa shape index (κ2) is 6.52. The molecule has 1 aromatic carbocycles. The minimum absolute atomic E-state index is 0.224. The molecule has 1 aromatic heterocycles. The molecule has 1 N–H and O–H groups in total. The number of hydrogen-bond acceptors (Lipinski definition) is 4. The molecule has 1 saturated heterocycles. The highest BCUT2D eigenvalue weighted by Crippen LogP contribution is 2.17. The summed E-state index contributed by atoms with van der Waals surface area (Å²) >= 11 is 0. The van der Waals surface area contributed by atoms with Crippen LogP contribution in [0.15, 0.2) is 36.7 Å². The zero-order valence-electron chi connectivity index (χ0n) is 13.3. The van der Waals surface area contributed by atoms with Gasteiger partial charge in [-0.15, -0.1) is 0 Å². The number of rotatable bonds is 4. The molecule has 6 heteroatoms. The fourth-order valence-electron chi connectivity index (χ4n) is 3.10. The highest BCUT2D eigenvalue weighted by molar-refractivity contribution is 5.91. The van der Waals surface area contributed by atoms with Crippen molar-refractivity contribution in [2.45, 2.75) is 32.6 Å². The number of carbonyl (C=O) groups is 1. The molecule has 3 rings (SSSR count). The van der Waals surface area contributed by atoms with E-state index in [-0.39, 0.29) is 17.8 Å². The Morgan fingerprint density at radius 3 is 2.70 bits per heavy atom. The lowest BCUT2D eigenvalue weighted by Gasteiger charge is -2.35. The first kappa shape index (κ1) is 15.7. The van der Waals surface area contributed by atoms with Crippen LogP contribution in [0.1, 0.15) is 29.8 Å². The number of carboxylic acid groups (broad SMARTS) is 1. The fraction of sp³-hybridized carbons (Fsp3) is 0.412. The Morgan fingerprint density at radius 2 is 2.00 bits per heavy atom. The Labute approximate surface area is 135 Å².